The van der Waals surface area contributed by atoms with Crippen molar-refractivity contribution in [3.8, 4) is 0 Å². The summed E-state index contributed by atoms with van der Waals surface area (Å²) in [5, 5.41) is 0. The van der Waals surface area contributed by atoms with Gasteiger partial charge >= 0.3 is 0 Å². The first-order chi connectivity index (χ1) is 7.77. The van der Waals surface area contributed by atoms with Crippen molar-refractivity contribution in [1.29, 1.82) is 0 Å². The number of likely N-dealkylation sites (tertiary alicyclic amines) is 1. The minimum Gasteiger partial charge on any atom is -0.337 e. The summed E-state index contributed by atoms with van der Waals surface area (Å²) in [6.07, 6.45) is 3.81. The molecule has 0 saturated carbocycles. The molecule has 0 aromatic heterocycles. The maximum Gasteiger partial charge on any atom is 0.224 e. The van der Waals surface area contributed by atoms with Gasteiger partial charge in [0.15, 0.2) is 0 Å². The molecule has 1 aliphatic heterocycles. The molecule has 1 rings (SSSR count). The lowest BCUT2D eigenvalue weighted by molar-refractivity contribution is -0.134. The van der Waals surface area contributed by atoms with Gasteiger partial charge in [0.05, 0.1) is 0 Å². The van der Waals surface area contributed by atoms with Crippen LogP contribution in [0.2, 0.25) is 0 Å². The molecule has 1 fully saturated rings. The predicted octanol–water partition coefficient (Wildman–Crippen LogP) is 2.54. The average molecular weight is 240 g/mol. The fraction of sp³-hybridized carbons (Fsp3) is 0.929. The second kappa shape index (κ2) is 5.38. The Morgan fingerprint density at radius 1 is 1.41 bits per heavy atom. The number of carbonyl (C=O) groups excluding carboxylic acids is 1. The smallest absolute Gasteiger partial charge is 0.224 e. The van der Waals surface area contributed by atoms with Crippen LogP contribution >= 0.6 is 0 Å². The number of hydrogen-bond acceptors (Lipinski definition) is 2. The fourth-order valence-corrected chi connectivity index (χ4v) is 2.52. The van der Waals surface area contributed by atoms with Crippen LogP contribution < -0.4 is 5.73 Å². The molecule has 3 heteroatoms. The zero-order chi connectivity index (χ0) is 13.2. The summed E-state index contributed by atoms with van der Waals surface area (Å²) in [5.41, 5.74) is 6.10. The molecule has 3 nitrogen and oxygen atoms in total. The van der Waals surface area contributed by atoms with Crippen molar-refractivity contribution in [2.75, 3.05) is 0 Å². The molecule has 1 amide bonds. The quantitative estimate of drug-likeness (QED) is 0.824. The van der Waals surface area contributed by atoms with Crippen molar-refractivity contribution in [1.82, 2.24) is 4.90 Å². The first kappa shape index (κ1) is 14.5. The summed E-state index contributed by atoms with van der Waals surface area (Å²) in [4.78, 5) is 14.4. The van der Waals surface area contributed by atoms with E-state index in [1.54, 1.807) is 0 Å². The summed E-state index contributed by atoms with van der Waals surface area (Å²) < 4.78 is 0. The molecule has 3 atom stereocenters. The van der Waals surface area contributed by atoms with E-state index in [0.29, 0.717) is 18.5 Å². The summed E-state index contributed by atoms with van der Waals surface area (Å²) >= 11 is 0. The van der Waals surface area contributed by atoms with Crippen LogP contribution in [0.3, 0.4) is 0 Å². The molecule has 0 bridgehead atoms. The molecular formula is C14H28N2O. The van der Waals surface area contributed by atoms with Crippen LogP contribution in [0.5, 0.6) is 0 Å². The van der Waals surface area contributed by atoms with Gasteiger partial charge in [0.2, 0.25) is 5.91 Å². The van der Waals surface area contributed by atoms with Crippen molar-refractivity contribution in [3.63, 3.8) is 0 Å². The van der Waals surface area contributed by atoms with Gasteiger partial charge in [-0.2, -0.15) is 0 Å². The number of nitrogens with two attached hydrogens (primary N) is 1. The van der Waals surface area contributed by atoms with Crippen LogP contribution in [0.1, 0.15) is 60.3 Å². The Kier molecular flexibility index (Phi) is 4.59. The van der Waals surface area contributed by atoms with Gasteiger partial charge in [-0.25, -0.2) is 0 Å². The van der Waals surface area contributed by atoms with Crippen molar-refractivity contribution in [2.45, 2.75) is 78.4 Å². The van der Waals surface area contributed by atoms with Crippen molar-refractivity contribution >= 4 is 5.91 Å². The molecule has 0 spiro atoms. The van der Waals surface area contributed by atoms with E-state index in [1.807, 2.05) is 0 Å². The van der Waals surface area contributed by atoms with Crippen LogP contribution in [-0.4, -0.2) is 28.9 Å². The molecule has 3 unspecified atom stereocenters. The SMILES string of the molecule is CCC1CCC(C)N1C(=O)CC(N)C(C)(C)C. The highest BCUT2D eigenvalue weighted by atomic mass is 16.2. The number of carbonyl (C=O) groups is 1. The second-order valence-electron chi connectivity index (χ2n) is 6.47. The van der Waals surface area contributed by atoms with E-state index in [2.05, 4.69) is 39.5 Å². The highest BCUT2D eigenvalue weighted by Crippen LogP contribution is 2.28. The zero-order valence-corrected chi connectivity index (χ0v) is 12.0. The van der Waals surface area contributed by atoms with E-state index in [9.17, 15) is 4.79 Å². The minimum atomic E-state index is -0.0553. The standard InChI is InChI=1S/C14H28N2O/c1-6-11-8-7-10(2)16(11)13(17)9-12(15)14(3,4)5/h10-12H,6-9,15H2,1-5H3. The molecular weight excluding hydrogens is 212 g/mol. The highest BCUT2D eigenvalue weighted by molar-refractivity contribution is 5.78. The Hall–Kier alpha value is -0.570. The van der Waals surface area contributed by atoms with E-state index in [1.165, 1.54) is 0 Å². The third-order valence-electron chi connectivity index (χ3n) is 4.05. The summed E-state index contributed by atoms with van der Waals surface area (Å²) in [7, 11) is 0. The molecule has 1 aliphatic rings. The lowest BCUT2D eigenvalue weighted by Crippen LogP contribution is -2.45. The lowest BCUT2D eigenvalue weighted by Gasteiger charge is -2.32. The zero-order valence-electron chi connectivity index (χ0n) is 12.0. The van der Waals surface area contributed by atoms with Crippen LogP contribution in [0, 0.1) is 5.41 Å². The second-order valence-corrected chi connectivity index (χ2v) is 6.47. The molecule has 2 N–H and O–H groups in total. The normalized spacial score (nSPS) is 27.3. The molecule has 1 heterocycles. The van der Waals surface area contributed by atoms with E-state index in [0.717, 1.165) is 19.3 Å². The third-order valence-corrected chi connectivity index (χ3v) is 4.05. The topological polar surface area (TPSA) is 46.3 Å². The lowest BCUT2D eigenvalue weighted by atomic mass is 9.85. The van der Waals surface area contributed by atoms with Crippen LogP contribution in [-0.2, 0) is 4.79 Å². The van der Waals surface area contributed by atoms with Crippen molar-refractivity contribution in [3.05, 3.63) is 0 Å². The van der Waals surface area contributed by atoms with Gasteiger partial charge in [-0.05, 0) is 31.6 Å². The minimum absolute atomic E-state index is 0.000331. The Labute approximate surface area is 106 Å². The first-order valence-electron chi connectivity index (χ1n) is 6.84. The number of nitrogens with zero attached hydrogens (tertiary/aromatic N) is 1. The molecule has 17 heavy (non-hydrogen) atoms. The number of hydrogen-bond donors (Lipinski definition) is 1. The van der Waals surface area contributed by atoms with E-state index in [4.69, 9.17) is 5.73 Å². The summed E-state index contributed by atoms with van der Waals surface area (Å²) in [6, 6.07) is 0.768. The molecule has 1 saturated heterocycles. The van der Waals surface area contributed by atoms with Crippen molar-refractivity contribution in [2.24, 2.45) is 11.1 Å². The molecule has 0 radical (unpaired) electrons. The van der Waals surface area contributed by atoms with E-state index in [-0.39, 0.29) is 17.4 Å². The van der Waals surface area contributed by atoms with Gasteiger partial charge in [0.25, 0.3) is 0 Å². The van der Waals surface area contributed by atoms with Crippen LogP contribution in [0.25, 0.3) is 0 Å². The van der Waals surface area contributed by atoms with Crippen LogP contribution in [0.15, 0.2) is 0 Å². The Morgan fingerprint density at radius 3 is 2.47 bits per heavy atom. The summed E-state index contributed by atoms with van der Waals surface area (Å²) in [5.74, 6) is 0.240. The van der Waals surface area contributed by atoms with Crippen LogP contribution in [0.4, 0.5) is 0 Å². The molecule has 0 aliphatic carbocycles. The Bertz CT molecular complexity index is 270. The molecule has 100 valence electrons. The highest BCUT2D eigenvalue weighted by Gasteiger charge is 2.34. The van der Waals surface area contributed by atoms with Gasteiger partial charge in [-0.3, -0.25) is 4.79 Å². The van der Waals surface area contributed by atoms with Gasteiger partial charge in [-0.15, -0.1) is 0 Å². The molecule has 0 aromatic rings. The average Bonchev–Trinajstić information content (AvgIpc) is 2.57. The van der Waals surface area contributed by atoms with E-state index < -0.39 is 0 Å². The van der Waals surface area contributed by atoms with Gasteiger partial charge in [0, 0.05) is 24.5 Å². The predicted molar refractivity (Wildman–Crippen MR) is 71.7 cm³/mol. The maximum absolute atomic E-state index is 12.3. The van der Waals surface area contributed by atoms with Gasteiger partial charge in [0.1, 0.15) is 0 Å². The molecule has 0 aromatic carbocycles. The monoisotopic (exact) mass is 240 g/mol. The maximum atomic E-state index is 12.3. The number of amides is 1. The van der Waals surface area contributed by atoms with Gasteiger partial charge in [-0.1, -0.05) is 27.7 Å². The van der Waals surface area contributed by atoms with Crippen molar-refractivity contribution < 1.29 is 4.79 Å². The largest absolute Gasteiger partial charge is 0.337 e. The first-order valence-corrected chi connectivity index (χ1v) is 6.84. The van der Waals surface area contributed by atoms with E-state index >= 15 is 0 Å². The Morgan fingerprint density at radius 2 is 2.00 bits per heavy atom. The third kappa shape index (κ3) is 3.44. The fourth-order valence-electron chi connectivity index (χ4n) is 2.52. The Balaban J connectivity index is 2.63. The number of rotatable bonds is 3. The van der Waals surface area contributed by atoms with Gasteiger partial charge < -0.3 is 10.6 Å². The summed E-state index contributed by atoms with van der Waals surface area (Å²) in [6.45, 7) is 10.6.